The number of unbranched alkanes of at least 4 members (excludes halogenated alkanes) is 1. The van der Waals surface area contributed by atoms with Crippen molar-refractivity contribution in [2.24, 2.45) is 5.73 Å². The van der Waals surface area contributed by atoms with Gasteiger partial charge in [-0.25, -0.2) is 8.78 Å². The van der Waals surface area contributed by atoms with Crippen molar-refractivity contribution in [2.75, 3.05) is 46.9 Å². The van der Waals surface area contributed by atoms with Crippen LogP contribution in [0.1, 0.15) is 44.2 Å². The Labute approximate surface area is 214 Å². The molecule has 1 aromatic carbocycles. The fraction of sp³-hybridized carbons (Fsp3) is 0.654. The molecule has 0 bridgehead atoms. The summed E-state index contributed by atoms with van der Waals surface area (Å²) in [4.78, 5) is 16.4. The molecule has 10 heteroatoms. The maximum Gasteiger partial charge on any atom is 0.317 e. The number of carbonyl (C=O) groups is 1. The van der Waals surface area contributed by atoms with Crippen molar-refractivity contribution in [3.05, 3.63) is 40.6 Å². The number of nitrogens with one attached hydrogen (secondary N) is 1. The van der Waals surface area contributed by atoms with Crippen molar-refractivity contribution in [3.8, 4) is 5.75 Å². The summed E-state index contributed by atoms with van der Waals surface area (Å²) in [6, 6.07) is 5.98. The zero-order chi connectivity index (χ0) is 26.8. The van der Waals surface area contributed by atoms with Crippen molar-refractivity contribution >= 4 is 5.97 Å². The first kappa shape index (κ1) is 30.0. The second kappa shape index (κ2) is 14.5. The van der Waals surface area contributed by atoms with Gasteiger partial charge in [0.05, 0.1) is 25.9 Å². The number of nitrogens with zero attached hydrogens (tertiary/aromatic N) is 3. The minimum atomic E-state index is -2.57. The summed E-state index contributed by atoms with van der Waals surface area (Å²) >= 11 is 0. The third-order valence-electron chi connectivity index (χ3n) is 6.75. The number of alkyl halides is 2. The molecule has 2 unspecified atom stereocenters. The van der Waals surface area contributed by atoms with E-state index in [4.69, 9.17) is 15.6 Å². The lowest BCUT2D eigenvalue weighted by Crippen LogP contribution is -2.62. The van der Waals surface area contributed by atoms with E-state index in [0.717, 1.165) is 31.4 Å². The number of carboxylic acids is 1. The number of nitrogens with two attached hydrogens (primary N) is 1. The molecular formula is C26H43F2N5O3. The molecule has 204 valence electrons. The first-order chi connectivity index (χ1) is 17.0. The first-order valence-corrected chi connectivity index (χ1v) is 12.6. The minimum absolute atomic E-state index is 0.0556. The van der Waals surface area contributed by atoms with Crippen LogP contribution in [0, 0.1) is 6.92 Å². The maximum absolute atomic E-state index is 12.7. The fourth-order valence-corrected chi connectivity index (χ4v) is 4.46. The van der Waals surface area contributed by atoms with Gasteiger partial charge in [-0.3, -0.25) is 25.6 Å². The number of hydrogen-bond acceptors (Lipinski definition) is 7. The quantitative estimate of drug-likeness (QED) is 0.310. The molecule has 1 heterocycles. The van der Waals surface area contributed by atoms with Crippen LogP contribution in [0.15, 0.2) is 29.5 Å². The van der Waals surface area contributed by atoms with E-state index < -0.39 is 25.5 Å². The highest BCUT2D eigenvalue weighted by molar-refractivity contribution is 5.69. The number of aryl methyl sites for hydroxylation is 1. The zero-order valence-electron chi connectivity index (χ0n) is 22.3. The lowest BCUT2D eigenvalue weighted by molar-refractivity contribution is -0.138. The smallest absolute Gasteiger partial charge is 0.317 e. The van der Waals surface area contributed by atoms with E-state index in [1.54, 1.807) is 0 Å². The summed E-state index contributed by atoms with van der Waals surface area (Å²) in [5, 5.41) is 12.6. The van der Waals surface area contributed by atoms with Gasteiger partial charge >= 0.3 is 5.97 Å². The molecule has 0 aromatic heterocycles. The van der Waals surface area contributed by atoms with Crippen LogP contribution >= 0.6 is 0 Å². The molecule has 0 saturated carbocycles. The Balaban J connectivity index is 2.03. The summed E-state index contributed by atoms with van der Waals surface area (Å²) in [5.41, 5.74) is 11.2. The van der Waals surface area contributed by atoms with Crippen molar-refractivity contribution < 1.29 is 23.4 Å². The van der Waals surface area contributed by atoms with E-state index in [9.17, 15) is 13.6 Å². The molecule has 2 atom stereocenters. The van der Waals surface area contributed by atoms with Gasteiger partial charge in [0.1, 0.15) is 12.0 Å². The highest BCUT2D eigenvalue weighted by Crippen LogP contribution is 2.28. The molecule has 0 amide bonds. The van der Waals surface area contributed by atoms with Gasteiger partial charge < -0.3 is 14.7 Å². The summed E-state index contributed by atoms with van der Waals surface area (Å²) in [6.07, 6.45) is 0.746. The second-order valence-electron chi connectivity index (χ2n) is 9.50. The van der Waals surface area contributed by atoms with E-state index in [1.807, 2.05) is 26.2 Å². The number of halogens is 2. The van der Waals surface area contributed by atoms with Gasteiger partial charge in [0, 0.05) is 19.3 Å². The van der Waals surface area contributed by atoms with Crippen molar-refractivity contribution in [1.82, 2.24) is 20.0 Å². The Kier molecular flexibility index (Phi) is 12.0. The Morgan fingerprint density at radius 3 is 2.61 bits per heavy atom. The summed E-state index contributed by atoms with van der Waals surface area (Å²) < 4.78 is 31.2. The summed E-state index contributed by atoms with van der Waals surface area (Å²) in [5.74, 6) is -0.411. The highest BCUT2D eigenvalue weighted by atomic mass is 19.3. The minimum Gasteiger partial charge on any atom is -0.494 e. The van der Waals surface area contributed by atoms with Gasteiger partial charge in [0.2, 0.25) is 0 Å². The molecule has 0 spiro atoms. The van der Waals surface area contributed by atoms with Gasteiger partial charge in [0.15, 0.2) is 0 Å². The molecule has 0 aliphatic carbocycles. The molecule has 36 heavy (non-hydrogen) atoms. The van der Waals surface area contributed by atoms with Crippen LogP contribution in [-0.2, 0) is 11.2 Å². The Morgan fingerprint density at radius 1 is 1.28 bits per heavy atom. The van der Waals surface area contributed by atoms with E-state index in [-0.39, 0.29) is 19.0 Å². The molecular weight excluding hydrogens is 468 g/mol. The van der Waals surface area contributed by atoms with Crippen LogP contribution in [0.5, 0.6) is 5.75 Å². The van der Waals surface area contributed by atoms with Gasteiger partial charge in [-0.1, -0.05) is 19.4 Å². The van der Waals surface area contributed by atoms with Crippen LogP contribution in [0.2, 0.25) is 0 Å². The topological polar surface area (TPSA) is 94.3 Å². The van der Waals surface area contributed by atoms with Gasteiger partial charge in [-0.2, -0.15) is 0 Å². The summed E-state index contributed by atoms with van der Waals surface area (Å²) in [7, 11) is 4.06. The van der Waals surface area contributed by atoms with Crippen LogP contribution in [0.4, 0.5) is 8.78 Å². The summed E-state index contributed by atoms with van der Waals surface area (Å²) in [6.45, 7) is 6.86. The third-order valence-corrected chi connectivity index (χ3v) is 6.75. The molecule has 4 N–H and O–H groups in total. The standard InChI is InChI=1S/C26H43F2N5O3/c1-6-7-11-30-25-22(19(3)31(4)26(29)32(25)5)15-20-9-10-21(14-18(20)2)36-13-8-12-33(16-23(27)28)17-24(34)35/h9-10,14,23,25-26,30H,6-8,11-13,15-17,29H2,1-5H3,(H,34,35). The number of allylic oxidation sites excluding steroid dienone is 1. The monoisotopic (exact) mass is 511 g/mol. The molecule has 0 fully saturated rings. The van der Waals surface area contributed by atoms with Gasteiger partial charge in [-0.15, -0.1) is 0 Å². The Morgan fingerprint density at radius 2 is 2.00 bits per heavy atom. The molecule has 1 aromatic rings. The number of hydrogen-bond donors (Lipinski definition) is 3. The average molecular weight is 512 g/mol. The largest absolute Gasteiger partial charge is 0.494 e. The van der Waals surface area contributed by atoms with Crippen molar-refractivity contribution in [1.29, 1.82) is 0 Å². The number of likely N-dealkylation sites (N-methyl/N-ethyl adjacent to an activating group) is 1. The van der Waals surface area contributed by atoms with Crippen LogP contribution in [0.3, 0.4) is 0 Å². The predicted molar refractivity (Wildman–Crippen MR) is 138 cm³/mol. The van der Waals surface area contributed by atoms with Gasteiger partial charge in [-0.05, 0) is 75.5 Å². The molecule has 8 nitrogen and oxygen atoms in total. The number of benzene rings is 1. The van der Waals surface area contributed by atoms with Crippen molar-refractivity contribution in [3.63, 3.8) is 0 Å². The molecule has 0 radical (unpaired) electrons. The van der Waals surface area contributed by atoms with Gasteiger partial charge in [0.25, 0.3) is 6.43 Å². The number of carboxylic acid groups (broad SMARTS) is 1. The van der Waals surface area contributed by atoms with E-state index >= 15 is 0 Å². The number of aliphatic carboxylic acids is 1. The third kappa shape index (κ3) is 8.69. The maximum atomic E-state index is 12.7. The highest BCUT2D eigenvalue weighted by Gasteiger charge is 2.33. The van der Waals surface area contributed by atoms with Crippen molar-refractivity contribution in [2.45, 2.75) is 65.3 Å². The van der Waals surface area contributed by atoms with E-state index in [2.05, 4.69) is 42.0 Å². The lowest BCUT2D eigenvalue weighted by Gasteiger charge is -2.46. The Hall–Kier alpha value is -2.27. The van der Waals surface area contributed by atoms with E-state index in [0.29, 0.717) is 18.8 Å². The van der Waals surface area contributed by atoms with E-state index in [1.165, 1.54) is 21.7 Å². The van der Waals surface area contributed by atoms with Crippen LogP contribution in [-0.4, -0.2) is 91.5 Å². The Bertz CT molecular complexity index is 883. The first-order valence-electron chi connectivity index (χ1n) is 12.6. The number of ether oxygens (including phenoxy) is 1. The number of rotatable bonds is 15. The molecule has 1 aliphatic heterocycles. The molecule has 1 aliphatic rings. The fourth-order valence-electron chi connectivity index (χ4n) is 4.46. The predicted octanol–water partition coefficient (Wildman–Crippen LogP) is 3.07. The molecule has 0 saturated heterocycles. The lowest BCUT2D eigenvalue weighted by atomic mass is 9.95. The average Bonchev–Trinajstić information content (AvgIpc) is 2.81. The second-order valence-corrected chi connectivity index (χ2v) is 9.50. The van der Waals surface area contributed by atoms with Crippen LogP contribution in [0.25, 0.3) is 0 Å². The van der Waals surface area contributed by atoms with Crippen LogP contribution < -0.4 is 15.8 Å². The zero-order valence-corrected chi connectivity index (χ0v) is 22.3. The molecule has 2 rings (SSSR count). The normalized spacial score (nSPS) is 19.0. The SMILES string of the molecule is CCCCNC1C(Cc2ccc(OCCCN(CC(=O)O)CC(F)F)cc2C)=C(C)N(C)C(N)N1C.